The van der Waals surface area contributed by atoms with E-state index in [1.54, 1.807) is 0 Å². The maximum absolute atomic E-state index is 12.5. The van der Waals surface area contributed by atoms with Gasteiger partial charge in [0.1, 0.15) is 11.9 Å². The van der Waals surface area contributed by atoms with Gasteiger partial charge in [0.25, 0.3) is 0 Å². The molecule has 3 aliphatic rings. The first-order valence-corrected chi connectivity index (χ1v) is 11.4. The fraction of sp³-hybridized carbons (Fsp3) is 0.708. The highest BCUT2D eigenvalue weighted by Gasteiger charge is 2.39. The van der Waals surface area contributed by atoms with Gasteiger partial charge >= 0.3 is 0 Å². The van der Waals surface area contributed by atoms with Gasteiger partial charge in [0.2, 0.25) is 5.91 Å². The van der Waals surface area contributed by atoms with E-state index in [1.165, 1.54) is 12.8 Å². The second-order valence-corrected chi connectivity index (χ2v) is 9.96. The minimum Gasteiger partial charge on any atom is -0.370 e. The van der Waals surface area contributed by atoms with Crippen LogP contribution < -0.4 is 4.90 Å². The smallest absolute Gasteiger partial charge is 0.222 e. The Morgan fingerprint density at radius 3 is 2.63 bits per heavy atom. The first kappa shape index (κ1) is 21.1. The van der Waals surface area contributed by atoms with Crippen LogP contribution in [-0.2, 0) is 22.6 Å². The van der Waals surface area contributed by atoms with Gasteiger partial charge < -0.3 is 14.5 Å². The Morgan fingerprint density at radius 1 is 1.30 bits per heavy atom. The van der Waals surface area contributed by atoms with Crippen molar-refractivity contribution < 1.29 is 9.53 Å². The Bertz CT molecular complexity index is 882. The monoisotopic (exact) mass is 410 g/mol. The van der Waals surface area contributed by atoms with Crippen molar-refractivity contribution >= 4 is 11.7 Å². The third-order valence-corrected chi connectivity index (χ3v) is 6.82. The number of piperazine rings is 1. The van der Waals surface area contributed by atoms with E-state index in [9.17, 15) is 10.1 Å². The van der Waals surface area contributed by atoms with E-state index in [4.69, 9.17) is 9.72 Å². The normalized spacial score (nSPS) is 23.3. The average molecular weight is 411 g/mol. The lowest BCUT2D eigenvalue weighted by molar-refractivity contribution is -0.134. The topological polar surface area (TPSA) is 69.5 Å². The van der Waals surface area contributed by atoms with Crippen LogP contribution in [0.15, 0.2) is 0 Å². The number of ether oxygens (including phenoxy) is 1. The van der Waals surface area contributed by atoms with E-state index in [2.05, 4.69) is 38.7 Å². The molecule has 2 fully saturated rings. The molecule has 162 valence electrons. The van der Waals surface area contributed by atoms with Gasteiger partial charge in [-0.15, -0.1) is 0 Å². The standard InChI is InChI=1S/C24H34N4O2/c1-6-21(29)28-10-9-27(13-20(28)15(2)3)23-18(12-25)17-11-24(4,5)30-14-19(17)22(26-23)16-7-8-16/h15-16,20H,6-11,13-14H2,1-5H3. The minimum absolute atomic E-state index is 0.139. The second-order valence-electron chi connectivity index (χ2n) is 9.96. The summed E-state index contributed by atoms with van der Waals surface area (Å²) in [5.74, 6) is 1.88. The summed E-state index contributed by atoms with van der Waals surface area (Å²) < 4.78 is 6.09. The SMILES string of the molecule is CCC(=O)N1CCN(c2nc(C3CC3)c3c(c2C#N)CC(C)(C)OC3)CC1C(C)C. The Labute approximate surface area is 180 Å². The zero-order valence-corrected chi connectivity index (χ0v) is 19.0. The van der Waals surface area contributed by atoms with Crippen molar-refractivity contribution in [1.82, 2.24) is 9.88 Å². The molecular weight excluding hydrogens is 376 g/mol. The molecule has 1 aromatic rings. The van der Waals surface area contributed by atoms with Crippen LogP contribution in [0.1, 0.15) is 82.2 Å². The fourth-order valence-corrected chi connectivity index (χ4v) is 4.90. The quantitative estimate of drug-likeness (QED) is 0.756. The molecule has 0 radical (unpaired) electrons. The number of hydrogen-bond donors (Lipinski definition) is 0. The lowest BCUT2D eigenvalue weighted by Gasteiger charge is -2.44. The Hall–Kier alpha value is -2.13. The van der Waals surface area contributed by atoms with E-state index in [-0.39, 0.29) is 17.6 Å². The Kier molecular flexibility index (Phi) is 5.52. The summed E-state index contributed by atoms with van der Waals surface area (Å²) in [7, 11) is 0. The molecule has 30 heavy (non-hydrogen) atoms. The molecule has 1 aliphatic carbocycles. The molecule has 1 unspecified atom stereocenters. The van der Waals surface area contributed by atoms with Crippen LogP contribution in [-0.4, -0.2) is 47.1 Å². The van der Waals surface area contributed by atoms with Crippen LogP contribution in [0.2, 0.25) is 0 Å². The molecule has 2 aliphatic heterocycles. The van der Waals surface area contributed by atoms with Crippen molar-refractivity contribution in [3.8, 4) is 6.07 Å². The molecule has 4 rings (SSSR count). The zero-order valence-electron chi connectivity index (χ0n) is 19.0. The minimum atomic E-state index is -0.273. The van der Waals surface area contributed by atoms with Crippen LogP contribution >= 0.6 is 0 Å². The van der Waals surface area contributed by atoms with Crippen LogP contribution in [0.25, 0.3) is 0 Å². The lowest BCUT2D eigenvalue weighted by atomic mass is 9.87. The predicted octanol–water partition coefficient (Wildman–Crippen LogP) is 3.77. The van der Waals surface area contributed by atoms with Gasteiger partial charge in [-0.25, -0.2) is 4.98 Å². The summed E-state index contributed by atoms with van der Waals surface area (Å²) >= 11 is 0. The summed E-state index contributed by atoms with van der Waals surface area (Å²) in [6.45, 7) is 13.1. The molecule has 0 bridgehead atoms. The van der Waals surface area contributed by atoms with Crippen LogP contribution in [0.5, 0.6) is 0 Å². The van der Waals surface area contributed by atoms with Crippen LogP contribution in [0.3, 0.4) is 0 Å². The van der Waals surface area contributed by atoms with Gasteiger partial charge in [0.05, 0.1) is 29.5 Å². The van der Waals surface area contributed by atoms with Crippen molar-refractivity contribution in [3.63, 3.8) is 0 Å². The molecule has 1 saturated carbocycles. The molecular formula is C24H34N4O2. The molecule has 0 N–H and O–H groups in total. The third kappa shape index (κ3) is 3.80. The number of aromatic nitrogens is 1. The molecule has 1 saturated heterocycles. The van der Waals surface area contributed by atoms with Gasteiger partial charge in [-0.2, -0.15) is 5.26 Å². The summed E-state index contributed by atoms with van der Waals surface area (Å²) in [5.41, 5.74) is 3.86. The molecule has 1 amide bonds. The number of amides is 1. The number of anilines is 1. The van der Waals surface area contributed by atoms with Gasteiger partial charge in [0, 0.05) is 44.0 Å². The lowest BCUT2D eigenvalue weighted by Crippen LogP contribution is -2.57. The summed E-state index contributed by atoms with van der Waals surface area (Å²) in [5, 5.41) is 10.2. The molecule has 1 aromatic heterocycles. The van der Waals surface area contributed by atoms with E-state index < -0.39 is 0 Å². The maximum atomic E-state index is 12.5. The highest BCUT2D eigenvalue weighted by molar-refractivity contribution is 5.76. The van der Waals surface area contributed by atoms with Gasteiger partial charge in [0.15, 0.2) is 0 Å². The number of hydrogen-bond acceptors (Lipinski definition) is 5. The third-order valence-electron chi connectivity index (χ3n) is 6.82. The predicted molar refractivity (Wildman–Crippen MR) is 116 cm³/mol. The molecule has 3 heterocycles. The average Bonchev–Trinajstić information content (AvgIpc) is 3.56. The van der Waals surface area contributed by atoms with E-state index in [1.807, 2.05) is 11.8 Å². The molecule has 6 heteroatoms. The van der Waals surface area contributed by atoms with Crippen molar-refractivity contribution in [2.75, 3.05) is 24.5 Å². The molecule has 6 nitrogen and oxygen atoms in total. The first-order chi connectivity index (χ1) is 14.3. The number of carbonyl (C=O) groups is 1. The van der Waals surface area contributed by atoms with Crippen molar-refractivity contribution in [3.05, 3.63) is 22.4 Å². The van der Waals surface area contributed by atoms with Crippen molar-refractivity contribution in [2.24, 2.45) is 5.92 Å². The second kappa shape index (κ2) is 7.85. The summed E-state index contributed by atoms with van der Waals surface area (Å²) in [6, 6.07) is 2.63. The maximum Gasteiger partial charge on any atom is 0.222 e. The zero-order chi connectivity index (χ0) is 21.6. The Morgan fingerprint density at radius 2 is 2.03 bits per heavy atom. The first-order valence-electron chi connectivity index (χ1n) is 11.4. The van der Waals surface area contributed by atoms with Crippen LogP contribution in [0, 0.1) is 17.2 Å². The highest BCUT2D eigenvalue weighted by Crippen LogP contribution is 2.45. The summed E-state index contributed by atoms with van der Waals surface area (Å²) in [6.07, 6.45) is 3.61. The summed E-state index contributed by atoms with van der Waals surface area (Å²) in [4.78, 5) is 21.9. The number of fused-ring (bicyclic) bond motifs is 1. The molecule has 0 spiro atoms. The Balaban J connectivity index is 1.75. The number of pyridine rings is 1. The number of carbonyl (C=O) groups excluding carboxylic acids is 1. The van der Waals surface area contributed by atoms with E-state index in [0.29, 0.717) is 37.0 Å². The van der Waals surface area contributed by atoms with Gasteiger partial charge in [-0.05, 0) is 38.2 Å². The molecule has 1 atom stereocenters. The van der Waals surface area contributed by atoms with Crippen molar-refractivity contribution in [1.29, 1.82) is 5.26 Å². The van der Waals surface area contributed by atoms with Crippen LogP contribution in [0.4, 0.5) is 5.82 Å². The number of rotatable bonds is 4. The van der Waals surface area contributed by atoms with Gasteiger partial charge in [-0.3, -0.25) is 4.79 Å². The van der Waals surface area contributed by atoms with Crippen molar-refractivity contribution in [2.45, 2.75) is 84.5 Å². The van der Waals surface area contributed by atoms with E-state index in [0.717, 1.165) is 42.1 Å². The van der Waals surface area contributed by atoms with E-state index >= 15 is 0 Å². The fourth-order valence-electron chi connectivity index (χ4n) is 4.90. The number of nitriles is 1. The number of nitrogens with zero attached hydrogens (tertiary/aromatic N) is 4. The highest BCUT2D eigenvalue weighted by atomic mass is 16.5. The molecule has 0 aromatic carbocycles. The van der Waals surface area contributed by atoms with Gasteiger partial charge in [-0.1, -0.05) is 20.8 Å². The largest absolute Gasteiger partial charge is 0.370 e.